The van der Waals surface area contributed by atoms with Crippen molar-refractivity contribution in [1.29, 1.82) is 0 Å². The second-order valence-electron chi connectivity index (χ2n) is 7.56. The number of urea groups is 1. The number of benzene rings is 1. The monoisotopic (exact) mass is 402 g/mol. The topological polar surface area (TPSA) is 92.2 Å². The maximum Gasteiger partial charge on any atom is 0.317 e. The van der Waals surface area contributed by atoms with Crippen molar-refractivity contribution in [3.8, 4) is 0 Å². The Hall–Kier alpha value is -2.97. The molecule has 1 aromatic heterocycles. The lowest BCUT2D eigenvalue weighted by Gasteiger charge is -2.24. The smallest absolute Gasteiger partial charge is 0.317 e. The molecule has 0 radical (unpaired) electrons. The number of alkyl halides is 1. The lowest BCUT2D eigenvalue weighted by molar-refractivity contribution is 0.0938. The molecule has 0 bridgehead atoms. The van der Waals surface area contributed by atoms with Gasteiger partial charge in [-0.25, -0.2) is 13.9 Å². The molecule has 2 atom stereocenters. The molecule has 1 aromatic carbocycles. The number of amides is 3. The molecule has 0 saturated carbocycles. The Kier molecular flexibility index (Phi) is 6.79. The zero-order valence-corrected chi connectivity index (χ0v) is 16.7. The molecule has 0 spiro atoms. The molecular weight excluding hydrogens is 375 g/mol. The van der Waals surface area contributed by atoms with Crippen molar-refractivity contribution in [3.05, 3.63) is 47.8 Å². The standard InChI is InChI=1S/C20H27FN6O2/c1-14(2)23-19(28)18-13-26(25-24-18)12-17-10-16(21)11-27(17)20(29)22-9-8-15-6-4-3-5-7-15/h3-7,13-14,16-17H,8-12H2,1-2H3,(H,22,29)(H,23,28). The summed E-state index contributed by atoms with van der Waals surface area (Å²) in [5.41, 5.74) is 1.33. The van der Waals surface area contributed by atoms with Gasteiger partial charge in [-0.3, -0.25) is 4.79 Å². The molecule has 9 heteroatoms. The molecule has 8 nitrogen and oxygen atoms in total. The van der Waals surface area contributed by atoms with Gasteiger partial charge in [-0.05, 0) is 25.8 Å². The Labute approximate surface area is 169 Å². The highest BCUT2D eigenvalue weighted by atomic mass is 19.1. The van der Waals surface area contributed by atoms with Gasteiger partial charge in [0.25, 0.3) is 5.91 Å². The van der Waals surface area contributed by atoms with Gasteiger partial charge < -0.3 is 15.5 Å². The molecule has 0 aliphatic carbocycles. The normalized spacial score (nSPS) is 18.8. The first-order valence-electron chi connectivity index (χ1n) is 9.86. The highest BCUT2D eigenvalue weighted by Gasteiger charge is 2.35. The van der Waals surface area contributed by atoms with Gasteiger partial charge in [0.2, 0.25) is 0 Å². The summed E-state index contributed by atoms with van der Waals surface area (Å²) in [6, 6.07) is 9.21. The van der Waals surface area contributed by atoms with Crippen LogP contribution in [0.5, 0.6) is 0 Å². The van der Waals surface area contributed by atoms with E-state index in [1.807, 2.05) is 44.2 Å². The van der Waals surface area contributed by atoms with Gasteiger partial charge in [0.05, 0.1) is 25.3 Å². The first-order chi connectivity index (χ1) is 13.9. The molecule has 2 N–H and O–H groups in total. The molecule has 156 valence electrons. The summed E-state index contributed by atoms with van der Waals surface area (Å²) in [5, 5.41) is 13.4. The SMILES string of the molecule is CC(C)NC(=O)c1cn(CC2CC(F)CN2C(=O)NCCc2ccccc2)nn1. The number of halogens is 1. The van der Waals surface area contributed by atoms with Gasteiger partial charge >= 0.3 is 6.03 Å². The number of likely N-dealkylation sites (tertiary alicyclic amines) is 1. The number of nitrogens with one attached hydrogen (secondary N) is 2. The summed E-state index contributed by atoms with van der Waals surface area (Å²) < 4.78 is 15.5. The number of carbonyl (C=O) groups excluding carboxylic acids is 2. The van der Waals surface area contributed by atoms with Crippen molar-refractivity contribution in [2.24, 2.45) is 0 Å². The van der Waals surface area contributed by atoms with Crippen molar-refractivity contribution in [2.45, 2.75) is 51.5 Å². The largest absolute Gasteiger partial charge is 0.348 e. The van der Waals surface area contributed by atoms with Crippen LogP contribution in [-0.2, 0) is 13.0 Å². The van der Waals surface area contributed by atoms with Crippen LogP contribution in [0.25, 0.3) is 0 Å². The molecular formula is C20H27FN6O2. The summed E-state index contributed by atoms with van der Waals surface area (Å²) in [6.45, 7) is 4.53. The van der Waals surface area contributed by atoms with Gasteiger partial charge in [0, 0.05) is 19.0 Å². The molecule has 2 heterocycles. The van der Waals surface area contributed by atoms with Crippen LogP contribution in [0.4, 0.5) is 9.18 Å². The Morgan fingerprint density at radius 1 is 1.28 bits per heavy atom. The van der Waals surface area contributed by atoms with Crippen LogP contribution in [0.2, 0.25) is 0 Å². The summed E-state index contributed by atoms with van der Waals surface area (Å²) in [7, 11) is 0. The third-order valence-electron chi connectivity index (χ3n) is 4.75. The molecule has 1 fully saturated rings. The maximum atomic E-state index is 14.0. The highest BCUT2D eigenvalue weighted by molar-refractivity contribution is 5.91. The fourth-order valence-electron chi connectivity index (χ4n) is 3.39. The second-order valence-corrected chi connectivity index (χ2v) is 7.56. The van der Waals surface area contributed by atoms with E-state index < -0.39 is 6.17 Å². The zero-order chi connectivity index (χ0) is 20.8. The average Bonchev–Trinajstić information content (AvgIpc) is 3.29. The minimum absolute atomic E-state index is 0.00940. The van der Waals surface area contributed by atoms with E-state index in [1.165, 1.54) is 15.8 Å². The predicted molar refractivity (Wildman–Crippen MR) is 106 cm³/mol. The third-order valence-corrected chi connectivity index (χ3v) is 4.75. The fraction of sp³-hybridized carbons (Fsp3) is 0.500. The van der Waals surface area contributed by atoms with Crippen LogP contribution in [0.1, 0.15) is 36.3 Å². The molecule has 3 rings (SSSR count). The van der Waals surface area contributed by atoms with Crippen LogP contribution in [0.3, 0.4) is 0 Å². The number of hydrogen-bond acceptors (Lipinski definition) is 4. The molecule has 2 aromatic rings. The summed E-state index contributed by atoms with van der Waals surface area (Å²) >= 11 is 0. The summed E-state index contributed by atoms with van der Waals surface area (Å²) in [5.74, 6) is -0.309. The average molecular weight is 402 g/mol. The van der Waals surface area contributed by atoms with E-state index in [2.05, 4.69) is 20.9 Å². The van der Waals surface area contributed by atoms with E-state index in [-0.39, 0.29) is 49.2 Å². The Morgan fingerprint density at radius 2 is 2.03 bits per heavy atom. The van der Waals surface area contributed by atoms with Crippen LogP contribution in [-0.4, -0.2) is 63.2 Å². The van der Waals surface area contributed by atoms with Crippen LogP contribution in [0, 0.1) is 0 Å². The molecule has 1 aliphatic rings. The first kappa shape index (κ1) is 20.8. The Morgan fingerprint density at radius 3 is 2.76 bits per heavy atom. The number of carbonyl (C=O) groups is 2. The van der Waals surface area contributed by atoms with Crippen LogP contribution >= 0.6 is 0 Å². The number of hydrogen-bond donors (Lipinski definition) is 2. The van der Waals surface area contributed by atoms with Crippen molar-refractivity contribution >= 4 is 11.9 Å². The molecule has 2 unspecified atom stereocenters. The van der Waals surface area contributed by atoms with Crippen molar-refractivity contribution in [3.63, 3.8) is 0 Å². The Bertz CT molecular complexity index is 825. The molecule has 29 heavy (non-hydrogen) atoms. The van der Waals surface area contributed by atoms with Gasteiger partial charge in [-0.2, -0.15) is 0 Å². The number of aromatic nitrogens is 3. The number of rotatable bonds is 7. The lowest BCUT2D eigenvalue weighted by Crippen LogP contribution is -2.45. The van der Waals surface area contributed by atoms with Gasteiger partial charge in [-0.15, -0.1) is 5.10 Å². The minimum Gasteiger partial charge on any atom is -0.348 e. The third kappa shape index (κ3) is 5.75. The van der Waals surface area contributed by atoms with Gasteiger partial charge in [0.1, 0.15) is 6.17 Å². The first-order valence-corrected chi connectivity index (χ1v) is 9.86. The predicted octanol–water partition coefficient (Wildman–Crippen LogP) is 1.78. The molecule has 1 aliphatic heterocycles. The maximum absolute atomic E-state index is 14.0. The molecule has 1 saturated heterocycles. The number of nitrogens with zero attached hydrogens (tertiary/aromatic N) is 4. The minimum atomic E-state index is -1.08. The van der Waals surface area contributed by atoms with Gasteiger partial charge in [-0.1, -0.05) is 35.5 Å². The summed E-state index contributed by atoms with van der Waals surface area (Å²) in [6.07, 6.45) is 1.39. The van der Waals surface area contributed by atoms with E-state index in [0.29, 0.717) is 13.0 Å². The van der Waals surface area contributed by atoms with E-state index in [0.717, 1.165) is 5.56 Å². The van der Waals surface area contributed by atoms with E-state index in [1.54, 1.807) is 0 Å². The van der Waals surface area contributed by atoms with Crippen molar-refractivity contribution in [1.82, 2.24) is 30.5 Å². The van der Waals surface area contributed by atoms with Crippen LogP contribution < -0.4 is 10.6 Å². The van der Waals surface area contributed by atoms with Gasteiger partial charge in [0.15, 0.2) is 5.69 Å². The highest BCUT2D eigenvalue weighted by Crippen LogP contribution is 2.22. The molecule has 3 amide bonds. The second kappa shape index (κ2) is 9.49. The lowest BCUT2D eigenvalue weighted by atomic mass is 10.1. The fourth-order valence-corrected chi connectivity index (χ4v) is 3.39. The summed E-state index contributed by atoms with van der Waals surface area (Å²) in [4.78, 5) is 26.1. The van der Waals surface area contributed by atoms with E-state index in [4.69, 9.17) is 0 Å². The quantitative estimate of drug-likeness (QED) is 0.739. The zero-order valence-electron chi connectivity index (χ0n) is 16.7. The van der Waals surface area contributed by atoms with E-state index in [9.17, 15) is 14.0 Å². The van der Waals surface area contributed by atoms with Crippen LogP contribution in [0.15, 0.2) is 36.5 Å². The van der Waals surface area contributed by atoms with E-state index >= 15 is 0 Å². The Balaban J connectivity index is 1.55. The van der Waals surface area contributed by atoms with Crippen molar-refractivity contribution < 1.29 is 14.0 Å². The van der Waals surface area contributed by atoms with Crippen molar-refractivity contribution in [2.75, 3.05) is 13.1 Å².